The molecule has 2 fully saturated rings. The van der Waals surface area contributed by atoms with E-state index in [-0.39, 0.29) is 24.3 Å². The van der Waals surface area contributed by atoms with E-state index < -0.39 is 5.54 Å². The van der Waals surface area contributed by atoms with Crippen molar-refractivity contribution in [1.29, 1.82) is 0 Å². The number of carbonyl (C=O) groups excluding carboxylic acids is 2. The molecule has 1 saturated heterocycles. The second-order valence-electron chi connectivity index (χ2n) is 9.46. The van der Waals surface area contributed by atoms with Gasteiger partial charge in [-0.1, -0.05) is 69.5 Å². The molecule has 2 amide bonds. The van der Waals surface area contributed by atoms with Gasteiger partial charge in [0.05, 0.1) is 13.5 Å². The first-order valence-corrected chi connectivity index (χ1v) is 12.0. The normalized spacial score (nSPS) is 21.3. The molecule has 1 saturated carbocycles. The van der Waals surface area contributed by atoms with Crippen molar-refractivity contribution in [3.63, 3.8) is 0 Å². The summed E-state index contributed by atoms with van der Waals surface area (Å²) >= 11 is 0. The van der Waals surface area contributed by atoms with Crippen molar-refractivity contribution in [1.82, 2.24) is 5.32 Å². The molecule has 0 radical (unpaired) electrons. The third-order valence-corrected chi connectivity index (χ3v) is 6.90. The van der Waals surface area contributed by atoms with Crippen LogP contribution in [-0.4, -0.2) is 30.5 Å². The van der Waals surface area contributed by atoms with Gasteiger partial charge in [-0.2, -0.15) is 0 Å². The van der Waals surface area contributed by atoms with Crippen molar-refractivity contribution >= 4 is 23.6 Å². The van der Waals surface area contributed by atoms with Crippen LogP contribution in [0, 0.1) is 0 Å². The smallest absolute Gasteiger partial charge is 0.251 e. The molecule has 2 aromatic rings. The molecule has 1 heterocycles. The Morgan fingerprint density at radius 2 is 1.79 bits per heavy atom. The largest absolute Gasteiger partial charge is 0.496 e. The van der Waals surface area contributed by atoms with Crippen LogP contribution in [0.1, 0.15) is 69.4 Å². The minimum atomic E-state index is -1.05. The van der Waals surface area contributed by atoms with E-state index in [0.717, 1.165) is 42.7 Å². The van der Waals surface area contributed by atoms with Crippen molar-refractivity contribution < 1.29 is 14.3 Å². The third-order valence-electron chi connectivity index (χ3n) is 6.90. The molecule has 5 nitrogen and oxygen atoms in total. The first kappa shape index (κ1) is 23.1. The Balaban J connectivity index is 1.69. The Bertz CT molecular complexity index is 1020. The summed E-state index contributed by atoms with van der Waals surface area (Å²) in [6, 6.07) is 15.8. The number of amides is 2. The first-order valence-electron chi connectivity index (χ1n) is 12.0. The average Bonchev–Trinajstić information content (AvgIpc) is 2.82. The molecule has 1 atom stereocenters. The Morgan fingerprint density at radius 3 is 2.42 bits per heavy atom. The minimum absolute atomic E-state index is 0.0456. The third kappa shape index (κ3) is 4.68. The number of carbonyl (C=O) groups is 2. The van der Waals surface area contributed by atoms with E-state index in [2.05, 4.69) is 19.2 Å². The molecular formula is C28H34N2O3. The molecule has 0 bridgehead atoms. The van der Waals surface area contributed by atoms with Crippen LogP contribution >= 0.6 is 0 Å². The number of hydrogen-bond acceptors (Lipinski definition) is 3. The maximum Gasteiger partial charge on any atom is 0.251 e. The van der Waals surface area contributed by atoms with E-state index in [1.807, 2.05) is 60.7 Å². The number of nitrogens with one attached hydrogen (secondary N) is 1. The van der Waals surface area contributed by atoms with Gasteiger partial charge in [-0.3, -0.25) is 14.5 Å². The zero-order valence-corrected chi connectivity index (χ0v) is 19.8. The molecule has 174 valence electrons. The molecule has 4 rings (SSSR count). The number of anilines is 1. The molecule has 5 heteroatoms. The Labute approximate surface area is 196 Å². The molecular weight excluding hydrogens is 412 g/mol. The lowest BCUT2D eigenvalue weighted by atomic mass is 9.80. The highest BCUT2D eigenvalue weighted by Crippen LogP contribution is 2.40. The van der Waals surface area contributed by atoms with Crippen molar-refractivity contribution in [3.8, 4) is 5.75 Å². The molecule has 1 unspecified atom stereocenters. The maximum atomic E-state index is 13.7. The van der Waals surface area contributed by atoms with Crippen molar-refractivity contribution in [2.45, 2.75) is 69.9 Å². The highest BCUT2D eigenvalue weighted by Gasteiger charge is 2.56. The Morgan fingerprint density at radius 1 is 1.09 bits per heavy atom. The number of ether oxygens (including phenoxy) is 1. The summed E-state index contributed by atoms with van der Waals surface area (Å²) in [5.41, 5.74) is 1.78. The Kier molecular flexibility index (Phi) is 6.87. The number of benzene rings is 2. The van der Waals surface area contributed by atoms with Gasteiger partial charge >= 0.3 is 0 Å². The molecule has 1 aliphatic carbocycles. The molecule has 0 spiro atoms. The van der Waals surface area contributed by atoms with Crippen LogP contribution in [0.2, 0.25) is 0 Å². The van der Waals surface area contributed by atoms with Gasteiger partial charge in [0, 0.05) is 17.3 Å². The number of para-hydroxylation sites is 1. The summed E-state index contributed by atoms with van der Waals surface area (Å²) in [6.07, 6.45) is 9.41. The van der Waals surface area contributed by atoms with Gasteiger partial charge in [0.25, 0.3) is 5.91 Å². The second kappa shape index (κ2) is 9.82. The van der Waals surface area contributed by atoms with E-state index in [1.54, 1.807) is 12.0 Å². The van der Waals surface area contributed by atoms with Gasteiger partial charge in [-0.05, 0) is 48.6 Å². The SMILES string of the molecule is COc1ccccc1C=CC1(C(=O)NC2CCCCC2)CC(=O)N1c1ccc(C(C)C)cc1. The summed E-state index contributed by atoms with van der Waals surface area (Å²) in [5, 5.41) is 3.26. The van der Waals surface area contributed by atoms with Gasteiger partial charge in [-0.25, -0.2) is 0 Å². The monoisotopic (exact) mass is 446 g/mol. The van der Waals surface area contributed by atoms with Crippen LogP contribution in [0.3, 0.4) is 0 Å². The molecule has 2 aliphatic rings. The van der Waals surface area contributed by atoms with Crippen molar-refractivity contribution in [2.75, 3.05) is 12.0 Å². The van der Waals surface area contributed by atoms with Gasteiger partial charge in [0.1, 0.15) is 5.75 Å². The van der Waals surface area contributed by atoms with Crippen LogP contribution < -0.4 is 15.0 Å². The molecule has 1 aliphatic heterocycles. The maximum absolute atomic E-state index is 13.7. The van der Waals surface area contributed by atoms with Crippen LogP contribution in [0.15, 0.2) is 54.6 Å². The molecule has 1 N–H and O–H groups in total. The Hall–Kier alpha value is -3.08. The average molecular weight is 447 g/mol. The van der Waals surface area contributed by atoms with Gasteiger partial charge in [0.2, 0.25) is 5.91 Å². The fraction of sp³-hybridized carbons (Fsp3) is 0.429. The summed E-state index contributed by atoms with van der Waals surface area (Å²) < 4.78 is 5.48. The predicted octanol–water partition coefficient (Wildman–Crippen LogP) is 5.46. The number of rotatable bonds is 7. The topological polar surface area (TPSA) is 58.6 Å². The lowest BCUT2D eigenvalue weighted by Crippen LogP contribution is -2.70. The molecule has 0 aromatic heterocycles. The fourth-order valence-corrected chi connectivity index (χ4v) is 4.88. The van der Waals surface area contributed by atoms with E-state index in [4.69, 9.17) is 4.74 Å². The zero-order chi connectivity index (χ0) is 23.4. The van der Waals surface area contributed by atoms with Crippen LogP contribution in [0.5, 0.6) is 5.75 Å². The quantitative estimate of drug-likeness (QED) is 0.575. The van der Waals surface area contributed by atoms with Crippen LogP contribution in [0.25, 0.3) is 6.08 Å². The van der Waals surface area contributed by atoms with Gasteiger partial charge in [-0.15, -0.1) is 0 Å². The van der Waals surface area contributed by atoms with Crippen LogP contribution in [-0.2, 0) is 9.59 Å². The van der Waals surface area contributed by atoms with E-state index in [0.29, 0.717) is 5.92 Å². The van der Waals surface area contributed by atoms with E-state index in [9.17, 15) is 9.59 Å². The van der Waals surface area contributed by atoms with Crippen molar-refractivity contribution in [3.05, 3.63) is 65.7 Å². The fourth-order valence-electron chi connectivity index (χ4n) is 4.88. The van der Waals surface area contributed by atoms with Gasteiger partial charge < -0.3 is 10.1 Å². The summed E-state index contributed by atoms with van der Waals surface area (Å²) in [6.45, 7) is 4.28. The summed E-state index contributed by atoms with van der Waals surface area (Å²) in [5.74, 6) is 0.981. The highest BCUT2D eigenvalue weighted by molar-refractivity contribution is 6.15. The highest BCUT2D eigenvalue weighted by atomic mass is 16.5. The van der Waals surface area contributed by atoms with Crippen molar-refractivity contribution in [2.24, 2.45) is 0 Å². The van der Waals surface area contributed by atoms with E-state index in [1.165, 1.54) is 12.0 Å². The van der Waals surface area contributed by atoms with Crippen LogP contribution in [0.4, 0.5) is 5.69 Å². The number of hydrogen-bond donors (Lipinski definition) is 1. The second-order valence-corrected chi connectivity index (χ2v) is 9.46. The lowest BCUT2D eigenvalue weighted by molar-refractivity contribution is -0.137. The predicted molar refractivity (Wildman–Crippen MR) is 132 cm³/mol. The number of methoxy groups -OCH3 is 1. The summed E-state index contributed by atoms with van der Waals surface area (Å²) in [4.78, 5) is 28.2. The number of nitrogens with zero attached hydrogens (tertiary/aromatic N) is 1. The molecule has 2 aromatic carbocycles. The van der Waals surface area contributed by atoms with Gasteiger partial charge in [0.15, 0.2) is 5.54 Å². The zero-order valence-electron chi connectivity index (χ0n) is 19.8. The molecule has 33 heavy (non-hydrogen) atoms. The first-order chi connectivity index (χ1) is 15.9. The lowest BCUT2D eigenvalue weighted by Gasteiger charge is -2.49. The minimum Gasteiger partial charge on any atom is -0.496 e. The standard InChI is InChI=1S/C28H34N2O3/c1-20(2)21-13-15-24(16-14-21)30-26(31)19-28(30,27(32)29-23-10-5-4-6-11-23)18-17-22-9-7-8-12-25(22)33-3/h7-9,12-18,20,23H,4-6,10-11,19H2,1-3H3,(H,29,32). The van der Waals surface area contributed by atoms with E-state index >= 15 is 0 Å². The summed E-state index contributed by atoms with van der Waals surface area (Å²) in [7, 11) is 1.63. The number of β-lactam (4-membered cyclic amide) rings is 1.